The van der Waals surface area contributed by atoms with Crippen molar-refractivity contribution in [2.75, 3.05) is 0 Å². The summed E-state index contributed by atoms with van der Waals surface area (Å²) in [5.74, 6) is 0. The molecule has 0 aromatic rings. The van der Waals surface area contributed by atoms with E-state index in [0.29, 0.717) is 5.54 Å². The van der Waals surface area contributed by atoms with Gasteiger partial charge in [0.05, 0.1) is 0 Å². The minimum Gasteiger partial charge on any atom is -0.167 e. The number of rotatable bonds is 1. The average Bonchev–Trinajstić information content (AvgIpc) is 2.07. The molecule has 1 atom stereocenters. The van der Waals surface area contributed by atoms with Gasteiger partial charge in [-0.05, 0) is 17.6 Å². The molecule has 0 saturated carbocycles. The van der Waals surface area contributed by atoms with Crippen molar-refractivity contribution in [3.05, 3.63) is 0 Å². The molecular formula is C6H13Cl3Si2. The number of hydrogen-bond donors (Lipinski definition) is 0. The van der Waals surface area contributed by atoms with Gasteiger partial charge >= 0.3 is 0 Å². The van der Waals surface area contributed by atoms with Crippen LogP contribution in [0.3, 0.4) is 0 Å². The molecule has 1 aliphatic rings. The Bertz CT molecular complexity index is 152. The molecule has 0 spiro atoms. The van der Waals surface area contributed by atoms with Crippen molar-refractivity contribution in [2.24, 2.45) is 0 Å². The van der Waals surface area contributed by atoms with Crippen LogP contribution in [0.4, 0.5) is 0 Å². The zero-order chi connectivity index (χ0) is 8.70. The van der Waals surface area contributed by atoms with E-state index in [-0.39, 0.29) is 0 Å². The minimum atomic E-state index is -1.82. The van der Waals surface area contributed by atoms with E-state index in [9.17, 15) is 0 Å². The SMILES string of the molecule is C[Si](C)(Cl)C1CC[Si](Cl)(Cl)C1. The minimum absolute atomic E-state index is 0.658. The second kappa shape index (κ2) is 3.22. The Labute approximate surface area is 84.3 Å². The zero-order valence-corrected chi connectivity index (χ0v) is 11.1. The summed E-state index contributed by atoms with van der Waals surface area (Å²) >= 11 is 18.6. The third kappa shape index (κ3) is 2.92. The molecule has 1 fully saturated rings. The van der Waals surface area contributed by atoms with Crippen LogP contribution in [0.15, 0.2) is 0 Å². The Balaban J connectivity index is 2.55. The highest BCUT2D eigenvalue weighted by molar-refractivity contribution is 7.46. The molecule has 5 heteroatoms. The first-order valence-electron chi connectivity index (χ1n) is 3.88. The van der Waals surface area contributed by atoms with Crippen LogP contribution in [0.2, 0.25) is 30.7 Å². The maximum Gasteiger partial charge on any atom is 0.251 e. The monoisotopic (exact) mass is 246 g/mol. The van der Waals surface area contributed by atoms with E-state index in [2.05, 4.69) is 13.1 Å². The highest BCUT2D eigenvalue weighted by atomic mass is 35.7. The van der Waals surface area contributed by atoms with Crippen LogP contribution in [0.25, 0.3) is 0 Å². The van der Waals surface area contributed by atoms with Gasteiger partial charge < -0.3 is 0 Å². The average molecular weight is 248 g/mol. The van der Waals surface area contributed by atoms with Crippen molar-refractivity contribution in [2.45, 2.75) is 37.1 Å². The topological polar surface area (TPSA) is 0 Å². The fourth-order valence-corrected chi connectivity index (χ4v) is 11.1. The molecule has 11 heavy (non-hydrogen) atoms. The highest BCUT2D eigenvalue weighted by Gasteiger charge is 2.45. The molecule has 1 unspecified atom stereocenters. The third-order valence-electron chi connectivity index (χ3n) is 2.37. The maximum absolute atomic E-state index is 6.31. The molecule has 1 aliphatic heterocycles. The summed E-state index contributed by atoms with van der Waals surface area (Å²) in [5, 5.41) is 0. The largest absolute Gasteiger partial charge is 0.251 e. The van der Waals surface area contributed by atoms with E-state index in [1.807, 2.05) is 0 Å². The Kier molecular flexibility index (Phi) is 3.04. The predicted octanol–water partition coefficient (Wildman–Crippen LogP) is 4.12. The molecule has 0 bridgehead atoms. The van der Waals surface area contributed by atoms with E-state index in [4.69, 9.17) is 33.2 Å². The van der Waals surface area contributed by atoms with Crippen LogP contribution in [0.5, 0.6) is 0 Å². The van der Waals surface area contributed by atoms with Crippen LogP contribution < -0.4 is 0 Å². The van der Waals surface area contributed by atoms with Crippen LogP contribution in [0, 0.1) is 0 Å². The Hall–Kier alpha value is 1.30. The van der Waals surface area contributed by atoms with E-state index >= 15 is 0 Å². The number of halogens is 3. The molecule has 0 aromatic carbocycles. The van der Waals surface area contributed by atoms with Crippen molar-refractivity contribution in [1.29, 1.82) is 0 Å². The summed E-state index contributed by atoms with van der Waals surface area (Å²) in [6, 6.07) is 2.07. The van der Waals surface area contributed by atoms with E-state index in [1.54, 1.807) is 0 Å². The second-order valence-corrected chi connectivity index (χ2v) is 18.3. The van der Waals surface area contributed by atoms with Gasteiger partial charge in [0, 0.05) is 0 Å². The molecule has 0 radical (unpaired) electrons. The Morgan fingerprint density at radius 3 is 2.09 bits per heavy atom. The molecule has 66 valence electrons. The van der Waals surface area contributed by atoms with Gasteiger partial charge in [-0.1, -0.05) is 19.5 Å². The lowest BCUT2D eigenvalue weighted by atomic mass is 10.4. The van der Waals surface area contributed by atoms with Gasteiger partial charge in [0.25, 0.3) is 6.69 Å². The van der Waals surface area contributed by atoms with E-state index < -0.39 is 14.1 Å². The summed E-state index contributed by atoms with van der Waals surface area (Å²) in [6.45, 7) is 2.55. The second-order valence-electron chi connectivity index (χ2n) is 3.86. The van der Waals surface area contributed by atoms with Crippen molar-refractivity contribution in [1.82, 2.24) is 0 Å². The predicted molar refractivity (Wildman–Crippen MR) is 58.8 cm³/mol. The normalized spacial score (nSPS) is 30.8. The van der Waals surface area contributed by atoms with Crippen LogP contribution in [-0.2, 0) is 0 Å². The molecule has 0 nitrogen and oxygen atoms in total. The van der Waals surface area contributed by atoms with Gasteiger partial charge in [-0.3, -0.25) is 0 Å². The van der Waals surface area contributed by atoms with Gasteiger partial charge in [0.15, 0.2) is 7.38 Å². The molecule has 0 aliphatic carbocycles. The third-order valence-corrected chi connectivity index (χ3v) is 10.3. The van der Waals surface area contributed by atoms with Gasteiger partial charge in [-0.15, -0.1) is 22.2 Å². The molecular weight excluding hydrogens is 235 g/mol. The van der Waals surface area contributed by atoms with Gasteiger partial charge in [0.1, 0.15) is 0 Å². The Morgan fingerprint density at radius 2 is 1.91 bits per heavy atom. The Morgan fingerprint density at radius 1 is 1.36 bits per heavy atom. The molecule has 1 rings (SSSR count). The van der Waals surface area contributed by atoms with Gasteiger partial charge in [-0.25, -0.2) is 0 Å². The summed E-state index contributed by atoms with van der Waals surface area (Å²) in [5.41, 5.74) is 0.658. The summed E-state index contributed by atoms with van der Waals surface area (Å²) in [7, 11) is -1.47. The summed E-state index contributed by atoms with van der Waals surface area (Å²) in [6.07, 6.45) is 1.17. The van der Waals surface area contributed by atoms with Crippen molar-refractivity contribution in [3.63, 3.8) is 0 Å². The van der Waals surface area contributed by atoms with E-state index in [0.717, 1.165) is 12.1 Å². The van der Waals surface area contributed by atoms with Crippen LogP contribution in [-0.4, -0.2) is 14.1 Å². The first-order chi connectivity index (χ1) is 4.81. The molecule has 0 aromatic heterocycles. The quantitative estimate of drug-likeness (QED) is 0.483. The smallest absolute Gasteiger partial charge is 0.167 e. The van der Waals surface area contributed by atoms with Crippen molar-refractivity contribution in [3.8, 4) is 0 Å². The first kappa shape index (κ1) is 10.4. The molecule has 1 heterocycles. The first-order valence-corrected chi connectivity index (χ1v) is 12.4. The summed E-state index contributed by atoms with van der Waals surface area (Å²) in [4.78, 5) is 0. The van der Waals surface area contributed by atoms with Crippen LogP contribution >= 0.6 is 33.2 Å². The highest BCUT2D eigenvalue weighted by Crippen LogP contribution is 2.49. The molecule has 0 N–H and O–H groups in total. The molecule has 0 amide bonds. The lowest BCUT2D eigenvalue weighted by Gasteiger charge is -2.21. The fourth-order valence-electron chi connectivity index (χ4n) is 1.54. The lowest BCUT2D eigenvalue weighted by Crippen LogP contribution is -2.24. The van der Waals surface area contributed by atoms with Crippen molar-refractivity contribution < 1.29 is 0 Å². The summed E-state index contributed by atoms with van der Waals surface area (Å²) < 4.78 is 0. The van der Waals surface area contributed by atoms with Crippen molar-refractivity contribution >= 4 is 47.3 Å². The standard InChI is InChI=1S/C6H13Cl3Si2/c1-10(2,7)6-3-4-11(8,9)5-6/h6H,3-5H2,1-2H3. The lowest BCUT2D eigenvalue weighted by molar-refractivity contribution is 0.899. The molecule has 1 saturated heterocycles. The maximum atomic E-state index is 6.31. The zero-order valence-electron chi connectivity index (χ0n) is 6.83. The fraction of sp³-hybridized carbons (Fsp3) is 1.00. The van der Waals surface area contributed by atoms with E-state index in [1.165, 1.54) is 6.42 Å². The van der Waals surface area contributed by atoms with Gasteiger partial charge in [-0.2, -0.15) is 11.1 Å². The number of hydrogen-bond acceptors (Lipinski definition) is 0. The van der Waals surface area contributed by atoms with Crippen LogP contribution in [0.1, 0.15) is 6.42 Å². The van der Waals surface area contributed by atoms with Gasteiger partial charge in [0.2, 0.25) is 0 Å².